The lowest BCUT2D eigenvalue weighted by Crippen LogP contribution is -2.52. The van der Waals surface area contributed by atoms with Gasteiger partial charge in [0.25, 0.3) is 5.91 Å². The van der Waals surface area contributed by atoms with Crippen molar-refractivity contribution in [2.45, 2.75) is 19.9 Å². The zero-order valence-corrected chi connectivity index (χ0v) is 18.2. The van der Waals surface area contributed by atoms with E-state index < -0.39 is 0 Å². The number of thiophene rings is 1. The van der Waals surface area contributed by atoms with Gasteiger partial charge in [0.1, 0.15) is 5.75 Å². The van der Waals surface area contributed by atoms with Gasteiger partial charge in [0, 0.05) is 32.2 Å². The van der Waals surface area contributed by atoms with Crippen molar-refractivity contribution in [1.82, 2.24) is 14.7 Å². The van der Waals surface area contributed by atoms with Crippen LogP contribution in [0.3, 0.4) is 0 Å². The Labute approximate surface area is 176 Å². The maximum atomic E-state index is 12.9. The molecule has 2 aromatic rings. The van der Waals surface area contributed by atoms with Crippen molar-refractivity contribution in [2.24, 2.45) is 0 Å². The van der Waals surface area contributed by atoms with Crippen molar-refractivity contribution in [1.29, 1.82) is 0 Å². The lowest BCUT2D eigenvalue weighted by Gasteiger charge is -2.36. The van der Waals surface area contributed by atoms with Crippen LogP contribution in [0, 0.1) is 0 Å². The van der Waals surface area contributed by atoms with Gasteiger partial charge in [-0.25, -0.2) is 0 Å². The van der Waals surface area contributed by atoms with Gasteiger partial charge < -0.3 is 14.5 Å². The van der Waals surface area contributed by atoms with E-state index in [0.29, 0.717) is 32.7 Å². The van der Waals surface area contributed by atoms with E-state index in [1.807, 2.05) is 45.5 Å². The Hall–Kier alpha value is -2.38. The first-order valence-electron chi connectivity index (χ1n) is 10.0. The largest absolute Gasteiger partial charge is 0.497 e. The fraction of sp³-hybridized carbons (Fsp3) is 0.455. The van der Waals surface area contributed by atoms with Gasteiger partial charge in [-0.1, -0.05) is 25.1 Å². The van der Waals surface area contributed by atoms with E-state index in [-0.39, 0.29) is 17.9 Å². The Morgan fingerprint density at radius 1 is 1.14 bits per heavy atom. The number of piperazine rings is 1. The van der Waals surface area contributed by atoms with E-state index in [1.165, 1.54) is 11.3 Å². The van der Waals surface area contributed by atoms with Gasteiger partial charge in [0.05, 0.1) is 18.5 Å². The third kappa shape index (κ3) is 5.16. The maximum Gasteiger partial charge on any atom is 0.264 e. The fourth-order valence-corrected chi connectivity index (χ4v) is 4.31. The third-order valence-corrected chi connectivity index (χ3v) is 6.38. The number of carbonyl (C=O) groups is 2. The average Bonchev–Trinajstić information content (AvgIpc) is 3.31. The second kappa shape index (κ2) is 9.89. The van der Waals surface area contributed by atoms with Gasteiger partial charge in [0.15, 0.2) is 0 Å². The van der Waals surface area contributed by atoms with Gasteiger partial charge in [-0.15, -0.1) is 11.3 Å². The Morgan fingerprint density at radius 3 is 2.48 bits per heavy atom. The van der Waals surface area contributed by atoms with E-state index in [9.17, 15) is 9.59 Å². The predicted molar refractivity (Wildman–Crippen MR) is 115 cm³/mol. The molecule has 29 heavy (non-hydrogen) atoms. The minimum Gasteiger partial charge on any atom is -0.497 e. The minimum absolute atomic E-state index is 0.0638. The monoisotopic (exact) mass is 415 g/mol. The van der Waals surface area contributed by atoms with E-state index in [1.54, 1.807) is 7.11 Å². The molecule has 0 bridgehead atoms. The third-order valence-electron chi connectivity index (χ3n) is 5.52. The van der Waals surface area contributed by atoms with Crippen molar-refractivity contribution in [3.05, 3.63) is 52.2 Å². The number of amides is 2. The summed E-state index contributed by atoms with van der Waals surface area (Å²) in [7, 11) is 1.66. The van der Waals surface area contributed by atoms with E-state index in [4.69, 9.17) is 4.74 Å². The van der Waals surface area contributed by atoms with Crippen LogP contribution in [-0.2, 0) is 4.79 Å². The smallest absolute Gasteiger partial charge is 0.264 e. The SMILES string of the molecule is CCN(CC(=O)N1CCN(C(=O)c2cccs2)CC1)C(C)c1cccc(OC)c1. The molecule has 1 unspecified atom stereocenters. The Kier molecular flexibility index (Phi) is 7.28. The molecular formula is C22H29N3O3S. The average molecular weight is 416 g/mol. The summed E-state index contributed by atoms with van der Waals surface area (Å²) in [4.78, 5) is 32.0. The summed E-state index contributed by atoms with van der Waals surface area (Å²) in [5.41, 5.74) is 1.13. The number of nitrogens with zero attached hydrogens (tertiary/aromatic N) is 3. The molecule has 7 heteroatoms. The molecule has 6 nitrogen and oxygen atoms in total. The molecule has 3 rings (SSSR count). The molecule has 0 aliphatic carbocycles. The lowest BCUT2D eigenvalue weighted by molar-refractivity contribution is -0.134. The molecule has 1 aromatic heterocycles. The Balaban J connectivity index is 1.55. The van der Waals surface area contributed by atoms with Crippen LogP contribution in [0.25, 0.3) is 0 Å². The molecule has 1 fully saturated rings. The summed E-state index contributed by atoms with van der Waals surface area (Å²) in [5, 5.41) is 1.91. The number of carbonyl (C=O) groups excluding carboxylic acids is 2. The van der Waals surface area contributed by atoms with Crippen molar-refractivity contribution in [2.75, 3.05) is 46.4 Å². The predicted octanol–water partition coefficient (Wildman–Crippen LogP) is 3.12. The Bertz CT molecular complexity index is 816. The summed E-state index contributed by atoms with van der Waals surface area (Å²) in [5.74, 6) is 1.00. The van der Waals surface area contributed by atoms with Crippen molar-refractivity contribution < 1.29 is 14.3 Å². The standard InChI is InChI=1S/C22H29N3O3S/c1-4-23(17(2)18-7-5-8-19(15-18)28-3)16-21(26)24-10-12-25(13-11-24)22(27)20-9-6-14-29-20/h5-9,14-15,17H,4,10-13,16H2,1-3H3. The lowest BCUT2D eigenvalue weighted by atomic mass is 10.1. The highest BCUT2D eigenvalue weighted by molar-refractivity contribution is 7.12. The molecule has 0 saturated carbocycles. The normalized spacial score (nSPS) is 15.4. The molecule has 1 aliphatic rings. The van der Waals surface area contributed by atoms with Gasteiger partial charge in [0.2, 0.25) is 5.91 Å². The molecular weight excluding hydrogens is 386 g/mol. The first kappa shape index (κ1) is 21.3. The topological polar surface area (TPSA) is 53.1 Å². The summed E-state index contributed by atoms with van der Waals surface area (Å²) in [6, 6.07) is 11.8. The van der Waals surface area contributed by atoms with Crippen LogP contribution in [0.2, 0.25) is 0 Å². The molecule has 1 atom stereocenters. The van der Waals surface area contributed by atoms with Crippen molar-refractivity contribution in [3.8, 4) is 5.75 Å². The van der Waals surface area contributed by atoms with Gasteiger partial charge in [-0.3, -0.25) is 14.5 Å². The number of rotatable bonds is 7. The number of hydrogen-bond donors (Lipinski definition) is 0. The van der Waals surface area contributed by atoms with Gasteiger partial charge in [-0.2, -0.15) is 0 Å². The molecule has 0 radical (unpaired) electrons. The van der Waals surface area contributed by atoms with Crippen molar-refractivity contribution >= 4 is 23.2 Å². The minimum atomic E-state index is 0.0638. The molecule has 0 N–H and O–H groups in total. The zero-order chi connectivity index (χ0) is 20.8. The van der Waals surface area contributed by atoms with Crippen LogP contribution in [0.5, 0.6) is 5.75 Å². The summed E-state index contributed by atoms with van der Waals surface area (Å²) >= 11 is 1.46. The Morgan fingerprint density at radius 2 is 1.86 bits per heavy atom. The fourth-order valence-electron chi connectivity index (χ4n) is 3.62. The highest BCUT2D eigenvalue weighted by Crippen LogP contribution is 2.24. The number of likely N-dealkylation sites (N-methyl/N-ethyl adjacent to an activating group) is 1. The van der Waals surface area contributed by atoms with Crippen molar-refractivity contribution in [3.63, 3.8) is 0 Å². The van der Waals surface area contributed by atoms with Crippen LogP contribution in [-0.4, -0.2) is 72.9 Å². The molecule has 1 aliphatic heterocycles. The molecule has 1 saturated heterocycles. The maximum absolute atomic E-state index is 12.9. The van der Waals surface area contributed by atoms with Crippen LogP contribution in [0.1, 0.15) is 35.1 Å². The number of methoxy groups -OCH3 is 1. The number of benzene rings is 1. The van der Waals surface area contributed by atoms with E-state index in [0.717, 1.165) is 22.7 Å². The van der Waals surface area contributed by atoms with E-state index >= 15 is 0 Å². The highest BCUT2D eigenvalue weighted by Gasteiger charge is 2.27. The van der Waals surface area contributed by atoms with Crippen LogP contribution < -0.4 is 4.74 Å². The molecule has 156 valence electrons. The first-order chi connectivity index (χ1) is 14.0. The molecule has 2 heterocycles. The van der Waals surface area contributed by atoms with Crippen LogP contribution >= 0.6 is 11.3 Å². The number of hydrogen-bond acceptors (Lipinski definition) is 5. The molecule has 1 aromatic carbocycles. The second-order valence-electron chi connectivity index (χ2n) is 7.17. The summed E-state index contributed by atoms with van der Waals surface area (Å²) in [6.45, 7) is 7.67. The van der Waals surface area contributed by atoms with E-state index in [2.05, 4.69) is 24.8 Å². The number of ether oxygens (including phenoxy) is 1. The molecule has 2 amide bonds. The molecule has 0 spiro atoms. The van der Waals surface area contributed by atoms with Gasteiger partial charge >= 0.3 is 0 Å². The quantitative estimate of drug-likeness (QED) is 0.697. The van der Waals surface area contributed by atoms with Crippen LogP contribution in [0.4, 0.5) is 0 Å². The highest BCUT2D eigenvalue weighted by atomic mass is 32.1. The second-order valence-corrected chi connectivity index (χ2v) is 8.11. The summed E-state index contributed by atoms with van der Waals surface area (Å²) in [6.07, 6.45) is 0. The zero-order valence-electron chi connectivity index (χ0n) is 17.3. The summed E-state index contributed by atoms with van der Waals surface area (Å²) < 4.78 is 5.33. The first-order valence-corrected chi connectivity index (χ1v) is 10.9. The van der Waals surface area contributed by atoms with Gasteiger partial charge in [-0.05, 0) is 42.6 Å². The van der Waals surface area contributed by atoms with Crippen LogP contribution in [0.15, 0.2) is 41.8 Å².